The quantitative estimate of drug-likeness (QED) is 0.0128. The van der Waals surface area contributed by atoms with Crippen molar-refractivity contribution in [3.63, 3.8) is 0 Å². The third-order valence-corrected chi connectivity index (χ3v) is 23.7. The van der Waals surface area contributed by atoms with Gasteiger partial charge in [-0.05, 0) is 140 Å². The van der Waals surface area contributed by atoms with Crippen molar-refractivity contribution in [3.8, 4) is 40.2 Å². The summed E-state index contributed by atoms with van der Waals surface area (Å²) in [5.74, 6) is -2.66. The van der Waals surface area contributed by atoms with Gasteiger partial charge in [-0.3, -0.25) is 54.7 Å². The molecule has 0 saturated carbocycles. The number of carboxylic acids is 1. The number of nitrogen functional groups attached to an aromatic ring is 1. The topological polar surface area (TPSA) is 303 Å². The minimum absolute atomic E-state index is 0. The number of thiophene rings is 5. The largest absolute Gasteiger partial charge is 0.505 e. The van der Waals surface area contributed by atoms with E-state index in [1.54, 1.807) is 160 Å². The Bertz CT molecular complexity index is 5820. The van der Waals surface area contributed by atoms with Gasteiger partial charge in [0, 0.05) is 114 Å². The summed E-state index contributed by atoms with van der Waals surface area (Å²) in [6.45, 7) is 3.07. The molecule has 10 aromatic heterocycles. The van der Waals surface area contributed by atoms with Crippen LogP contribution < -0.4 is 30.6 Å². The number of anilines is 2. The van der Waals surface area contributed by atoms with Gasteiger partial charge in [0.2, 0.25) is 5.91 Å². The summed E-state index contributed by atoms with van der Waals surface area (Å²) in [4.78, 5) is 62.7. The summed E-state index contributed by atoms with van der Waals surface area (Å²) < 4.78 is 80.0. The molecule has 0 spiro atoms. The summed E-state index contributed by atoms with van der Waals surface area (Å²) in [6.07, 6.45) is 18.6. The smallest absolute Gasteiger partial charge is 0.300 e. The molecule has 0 fully saturated rings. The number of rotatable bonds is 14. The Hall–Kier alpha value is -9.50. The number of nitrogens with zero attached hydrogens (tertiary/aromatic N) is 7. The molecule has 5 aromatic carbocycles. The molecule has 38 heteroatoms. The number of carbonyl (C=O) groups is 2. The first-order valence-corrected chi connectivity index (χ1v) is 42.7. The van der Waals surface area contributed by atoms with Gasteiger partial charge in [0.1, 0.15) is 17.2 Å². The van der Waals surface area contributed by atoms with Crippen molar-refractivity contribution in [2.24, 2.45) is 0 Å². The predicted molar refractivity (Wildman–Crippen MR) is 481 cm³/mol. The van der Waals surface area contributed by atoms with Gasteiger partial charge in [-0.2, -0.15) is 11.8 Å². The van der Waals surface area contributed by atoms with Crippen LogP contribution in [-0.4, -0.2) is 93.2 Å². The molecular weight excluding hydrogens is 1790 g/mol. The van der Waals surface area contributed by atoms with E-state index in [9.17, 15) is 42.6 Å². The number of nitro benzene ring substituents is 2. The molecule has 0 aliphatic carbocycles. The van der Waals surface area contributed by atoms with Gasteiger partial charge >= 0.3 is 0 Å². The number of hydrogen-bond donors (Lipinski definition) is 5. The molecule has 6 N–H and O–H groups in total. The molecule has 0 aliphatic rings. The number of phenolic OH excluding ortho intramolecular Hbond substituents is 1. The number of amides is 1. The number of carboxylic acid groups (broad SMARTS) is 1. The average molecular weight is 1860 g/mol. The third kappa shape index (κ3) is 30.1. The molecule has 15 aromatic rings. The number of nitrogens with one attached hydrogen (secondary N) is 2. The molecule has 0 bridgehead atoms. The fourth-order valence-corrected chi connectivity index (χ4v) is 16.4. The molecule has 10 heterocycles. The maximum absolute atomic E-state index is 14.6. The van der Waals surface area contributed by atoms with Crippen LogP contribution in [0, 0.1) is 50.4 Å². The van der Waals surface area contributed by atoms with Crippen LogP contribution in [0.5, 0.6) is 40.2 Å². The van der Waals surface area contributed by atoms with Crippen LogP contribution in [0.4, 0.5) is 40.3 Å². The standard InChI is InChI=1S/C23H18FN3O2S2.C14H9FN2O3S2.C14H11FN2OS2.C8H6ClNS2.C7H4ClNS.C6H4FNO3.C2H4O2.C2H6S.3CH4.Fe/c1-14-11-18-22(31-14)20(9-10-25-18)29-19-8-7-16(13-17(19)24)26-23(30)27-21(28)12-15-5-3-2-4-6-15;1-21-13-7-10-14(22-13)12(4-5-16-10)20-11-3-2-8(17(18)19)6-9(11)15;1-19-13-7-10-14(20-13)12(4-5-17-10)18-11-3-2-8(16)6-9(11)15;1-11-7-4-6-8(12-7)5(9)2-3-10-6;8-5-1-3-9-6-2-4-10-7(5)6;7-5-3-4(8(10)11)1-2-6(5)9;1-2(3)4;1-3-2;;;;/h2-11,13H,12H2,1H3,(H2,26,27,28,30);2-7H,1H3;2-7H,16H2,1H3;2-4H,1H3;1-4H;1-3,9H;1H3,(H,3,4);1-2H3;3*1H4;. The predicted octanol–water partition coefficient (Wildman–Crippen LogP) is 26.0. The van der Waals surface area contributed by atoms with Crippen LogP contribution in [0.1, 0.15) is 39.6 Å². The Morgan fingerprint density at radius 1 is 0.530 bits per heavy atom. The maximum Gasteiger partial charge on any atom is 0.300 e. The second-order valence-corrected chi connectivity index (χ2v) is 32.9. The average Bonchev–Trinajstić information content (AvgIpc) is 1.70. The molecule has 0 radical (unpaired) electrons. The van der Waals surface area contributed by atoms with Gasteiger partial charge in [-0.1, -0.05) is 75.8 Å². The van der Waals surface area contributed by atoms with Gasteiger partial charge in [0.15, 0.2) is 51.4 Å². The fraction of sp³-hybridized carbons (Fsp3) is 0.139. The number of phenols is 1. The number of thioether (sulfide) groups is 4. The van der Waals surface area contributed by atoms with E-state index in [0.29, 0.717) is 34.7 Å². The SMILES string of the molecule is C.C.C.CC(=O)O.CSC.CSc1cc2nccc(Cl)c2s1.CSc1cc2nccc(Oc3ccc(N)cc3F)c2s1.CSc1cc2nccc(Oc3ccc([N+](=O)[O-])cc3F)c2s1.Cc1cc2nccc(Oc3ccc(NC(=S)NC(=O)Cc4ccccc4)cc3F)c2s1.Clc1ccnc2ccsc12.O=[N+]([O-])c1ccc(O)c(F)c1.[Fe]. The monoisotopic (exact) mass is 1860 g/mol. The first-order valence-electron chi connectivity index (χ1n) is 32.1. The van der Waals surface area contributed by atoms with Crippen LogP contribution in [0.25, 0.3) is 51.1 Å². The number of nitrogens with two attached hydrogens (primary N) is 1. The van der Waals surface area contributed by atoms with Crippen molar-refractivity contribution in [2.75, 3.05) is 42.3 Å². The summed E-state index contributed by atoms with van der Waals surface area (Å²) in [7, 11) is 0. The number of halogens is 6. The van der Waals surface area contributed by atoms with E-state index in [4.69, 9.17) is 70.4 Å². The minimum Gasteiger partial charge on any atom is -0.505 e. The molecule has 21 nitrogen and oxygen atoms in total. The van der Waals surface area contributed by atoms with Crippen LogP contribution in [0.2, 0.25) is 10.0 Å². The number of thiocarbonyl (C=S) groups is 1. The first kappa shape index (κ1) is 99.9. The maximum atomic E-state index is 14.6. The van der Waals surface area contributed by atoms with Crippen molar-refractivity contribution in [2.45, 2.75) is 55.2 Å². The number of ether oxygens (including phenoxy) is 3. The second-order valence-electron chi connectivity index (χ2n) is 22.2. The Morgan fingerprint density at radius 3 is 1.38 bits per heavy atom. The first-order chi connectivity index (χ1) is 54.2. The van der Waals surface area contributed by atoms with E-state index in [1.807, 2.05) is 98.0 Å². The second kappa shape index (κ2) is 49.7. The summed E-state index contributed by atoms with van der Waals surface area (Å²) in [5, 5.41) is 45.8. The van der Waals surface area contributed by atoms with Gasteiger partial charge in [-0.25, -0.2) is 17.6 Å². The number of nitro groups is 2. The molecule has 15 rings (SSSR count). The number of carbonyl (C=O) groups excluding carboxylic acids is 1. The number of hydrogen-bond acceptors (Lipinski definition) is 26. The zero-order valence-corrected chi connectivity index (χ0v) is 71.0. The molecule has 0 unspecified atom stereocenters. The normalized spacial score (nSPS) is 9.99. The van der Waals surface area contributed by atoms with E-state index in [2.05, 4.69) is 47.9 Å². The van der Waals surface area contributed by atoms with Gasteiger partial charge < -0.3 is 40.8 Å². The molecule has 0 saturated heterocycles. The number of aromatic hydroxyl groups is 1. The fourth-order valence-electron chi connectivity index (χ4n) is 9.12. The van der Waals surface area contributed by atoms with Crippen LogP contribution in [0.3, 0.4) is 0 Å². The zero-order valence-electron chi connectivity index (χ0n) is 60.2. The molecule has 616 valence electrons. The number of benzene rings is 5. The van der Waals surface area contributed by atoms with Crippen LogP contribution >= 0.6 is 139 Å². The van der Waals surface area contributed by atoms with Crippen molar-refractivity contribution in [1.82, 2.24) is 30.2 Å². The van der Waals surface area contributed by atoms with E-state index < -0.39 is 44.8 Å². The summed E-state index contributed by atoms with van der Waals surface area (Å²) in [6, 6.07) is 42.7. The number of aromatic nitrogens is 5. The molecule has 0 atom stereocenters. The number of non-ortho nitro benzene ring substituents is 2. The number of aryl methyl sites for hydroxylation is 1. The molecule has 0 aliphatic heterocycles. The minimum atomic E-state index is -0.987. The Labute approximate surface area is 734 Å². The van der Waals surface area contributed by atoms with Gasteiger partial charge in [0.25, 0.3) is 17.3 Å². The summed E-state index contributed by atoms with van der Waals surface area (Å²) in [5.41, 5.74) is 10.9. The molecule has 1 amide bonds. The molecule has 117 heavy (non-hydrogen) atoms. The Kier molecular flexibility index (Phi) is 42.4. The van der Waals surface area contributed by atoms with Crippen molar-refractivity contribution >= 4 is 230 Å². The third-order valence-electron chi connectivity index (χ3n) is 14.0. The van der Waals surface area contributed by atoms with Crippen molar-refractivity contribution < 1.29 is 78.5 Å². The van der Waals surface area contributed by atoms with E-state index >= 15 is 0 Å². The number of aliphatic carboxylic acids is 1. The Balaban J connectivity index is 0.000000300. The molecular formula is C79H74Cl2F4FeN10O11S10. The van der Waals surface area contributed by atoms with Crippen LogP contribution in [0.15, 0.2) is 213 Å². The number of fused-ring (bicyclic) bond motifs is 5. The van der Waals surface area contributed by atoms with Crippen LogP contribution in [-0.2, 0) is 33.1 Å². The van der Waals surface area contributed by atoms with Gasteiger partial charge in [-0.15, -0.1) is 92.0 Å². The van der Waals surface area contributed by atoms with E-state index in [-0.39, 0.29) is 85.4 Å². The van der Waals surface area contributed by atoms with E-state index in [0.717, 1.165) is 105 Å². The van der Waals surface area contributed by atoms with E-state index in [1.165, 1.54) is 51.9 Å². The van der Waals surface area contributed by atoms with Crippen molar-refractivity contribution in [3.05, 3.63) is 264 Å². The number of pyridine rings is 5. The summed E-state index contributed by atoms with van der Waals surface area (Å²) >= 11 is 31.7. The zero-order chi connectivity index (χ0) is 81.8. The Morgan fingerprint density at radius 2 is 0.932 bits per heavy atom. The van der Waals surface area contributed by atoms with Gasteiger partial charge in [0.05, 0.1) is 102 Å². The van der Waals surface area contributed by atoms with Crippen molar-refractivity contribution in [1.29, 1.82) is 0 Å².